The van der Waals surface area contributed by atoms with E-state index in [0.29, 0.717) is 23.5 Å². The SMILES string of the molecule is CSCC[C@@H](NC(=O)COc1ccccc1)C(=O)OCc1ccc(F)cc1. The molecule has 0 fully saturated rings. The Morgan fingerprint density at radius 1 is 1.11 bits per heavy atom. The fraction of sp³-hybridized carbons (Fsp3) is 0.300. The summed E-state index contributed by atoms with van der Waals surface area (Å²) in [6, 6.07) is 13.9. The summed E-state index contributed by atoms with van der Waals surface area (Å²) in [5, 5.41) is 2.66. The van der Waals surface area contributed by atoms with E-state index in [-0.39, 0.29) is 19.0 Å². The molecule has 0 aliphatic heterocycles. The van der Waals surface area contributed by atoms with E-state index in [1.807, 2.05) is 12.3 Å². The van der Waals surface area contributed by atoms with Crippen LogP contribution < -0.4 is 10.1 Å². The minimum atomic E-state index is -0.759. The van der Waals surface area contributed by atoms with Crippen LogP contribution >= 0.6 is 11.8 Å². The van der Waals surface area contributed by atoms with Crippen molar-refractivity contribution in [3.05, 3.63) is 66.0 Å². The number of amides is 1. The number of hydrogen-bond donors (Lipinski definition) is 1. The lowest BCUT2D eigenvalue weighted by atomic mass is 10.2. The van der Waals surface area contributed by atoms with Crippen LogP contribution in [0.4, 0.5) is 4.39 Å². The van der Waals surface area contributed by atoms with Gasteiger partial charge in [-0.05, 0) is 48.3 Å². The fourth-order valence-electron chi connectivity index (χ4n) is 2.22. The Morgan fingerprint density at radius 2 is 1.81 bits per heavy atom. The lowest BCUT2D eigenvalue weighted by Gasteiger charge is -2.17. The van der Waals surface area contributed by atoms with Crippen molar-refractivity contribution in [1.29, 1.82) is 0 Å². The molecule has 0 heterocycles. The van der Waals surface area contributed by atoms with E-state index in [1.165, 1.54) is 12.1 Å². The molecule has 0 aliphatic rings. The summed E-state index contributed by atoms with van der Waals surface area (Å²) in [7, 11) is 0. The van der Waals surface area contributed by atoms with Crippen LogP contribution in [0.3, 0.4) is 0 Å². The third kappa shape index (κ3) is 7.70. The van der Waals surface area contributed by atoms with Gasteiger partial charge in [0.1, 0.15) is 24.2 Å². The molecule has 2 rings (SSSR count). The van der Waals surface area contributed by atoms with Gasteiger partial charge in [0.05, 0.1) is 0 Å². The topological polar surface area (TPSA) is 64.6 Å². The van der Waals surface area contributed by atoms with Crippen LogP contribution in [0, 0.1) is 5.82 Å². The van der Waals surface area contributed by atoms with E-state index in [4.69, 9.17) is 9.47 Å². The Labute approximate surface area is 162 Å². The van der Waals surface area contributed by atoms with Gasteiger partial charge in [-0.3, -0.25) is 4.79 Å². The van der Waals surface area contributed by atoms with Crippen molar-refractivity contribution in [2.24, 2.45) is 0 Å². The molecule has 0 spiro atoms. The zero-order valence-corrected chi connectivity index (χ0v) is 15.8. The molecule has 0 unspecified atom stereocenters. The van der Waals surface area contributed by atoms with Crippen LogP contribution in [0.15, 0.2) is 54.6 Å². The number of esters is 1. The van der Waals surface area contributed by atoms with E-state index < -0.39 is 17.9 Å². The Hall–Kier alpha value is -2.54. The maximum Gasteiger partial charge on any atom is 0.329 e. The van der Waals surface area contributed by atoms with Gasteiger partial charge in [0.15, 0.2) is 6.61 Å². The van der Waals surface area contributed by atoms with Gasteiger partial charge in [-0.25, -0.2) is 9.18 Å². The second-order valence-corrected chi connectivity index (χ2v) is 6.72. The second kappa shape index (κ2) is 11.2. The van der Waals surface area contributed by atoms with Crippen molar-refractivity contribution in [3.63, 3.8) is 0 Å². The normalized spacial score (nSPS) is 11.5. The first kappa shape index (κ1) is 20.8. The molecule has 7 heteroatoms. The van der Waals surface area contributed by atoms with Crippen LogP contribution in [0.5, 0.6) is 5.75 Å². The van der Waals surface area contributed by atoms with Crippen LogP contribution in [0.2, 0.25) is 0 Å². The zero-order valence-electron chi connectivity index (χ0n) is 15.0. The number of carbonyl (C=O) groups is 2. The fourth-order valence-corrected chi connectivity index (χ4v) is 2.69. The van der Waals surface area contributed by atoms with Crippen molar-refractivity contribution in [2.45, 2.75) is 19.1 Å². The summed E-state index contributed by atoms with van der Waals surface area (Å²) in [5.74, 6) is -0.0122. The van der Waals surface area contributed by atoms with Crippen LogP contribution in [0.25, 0.3) is 0 Å². The number of para-hydroxylation sites is 1. The molecule has 1 atom stereocenters. The molecule has 5 nitrogen and oxygen atoms in total. The monoisotopic (exact) mass is 391 g/mol. The summed E-state index contributed by atoms with van der Waals surface area (Å²) in [6.07, 6.45) is 2.36. The van der Waals surface area contributed by atoms with E-state index in [1.54, 1.807) is 48.2 Å². The molecule has 27 heavy (non-hydrogen) atoms. The average Bonchev–Trinajstić information content (AvgIpc) is 2.69. The summed E-state index contributed by atoms with van der Waals surface area (Å²) in [5.41, 5.74) is 0.673. The molecule has 0 saturated carbocycles. The smallest absolute Gasteiger partial charge is 0.329 e. The van der Waals surface area contributed by atoms with E-state index >= 15 is 0 Å². The van der Waals surface area contributed by atoms with Crippen molar-refractivity contribution in [1.82, 2.24) is 5.32 Å². The van der Waals surface area contributed by atoms with Gasteiger partial charge in [-0.15, -0.1) is 0 Å². The summed E-state index contributed by atoms with van der Waals surface area (Å²) in [4.78, 5) is 24.5. The predicted octanol–water partition coefficient (Wildman–Crippen LogP) is 3.19. The molecule has 0 aliphatic carbocycles. The Kier molecular flexibility index (Phi) is 8.64. The molecule has 0 radical (unpaired) electrons. The minimum Gasteiger partial charge on any atom is -0.484 e. The van der Waals surface area contributed by atoms with E-state index in [0.717, 1.165) is 0 Å². The van der Waals surface area contributed by atoms with Gasteiger partial charge in [0.2, 0.25) is 0 Å². The highest BCUT2D eigenvalue weighted by molar-refractivity contribution is 7.98. The number of nitrogens with one attached hydrogen (secondary N) is 1. The van der Waals surface area contributed by atoms with Crippen molar-refractivity contribution < 1.29 is 23.5 Å². The molecule has 2 aromatic carbocycles. The van der Waals surface area contributed by atoms with Crippen molar-refractivity contribution in [3.8, 4) is 5.75 Å². The molecule has 1 N–H and O–H groups in total. The standard InChI is InChI=1S/C20H22FNO4S/c1-27-12-11-18(20(24)26-13-15-7-9-16(21)10-8-15)22-19(23)14-25-17-5-3-2-4-6-17/h2-10,18H,11-14H2,1H3,(H,22,23)/t18-/m1/s1. The molecule has 1 amide bonds. The number of ether oxygens (including phenoxy) is 2. The first-order valence-corrected chi connectivity index (χ1v) is 9.85. The van der Waals surface area contributed by atoms with Crippen molar-refractivity contribution in [2.75, 3.05) is 18.6 Å². The average molecular weight is 391 g/mol. The maximum atomic E-state index is 12.9. The van der Waals surface area contributed by atoms with Gasteiger partial charge in [0, 0.05) is 0 Å². The molecule has 2 aromatic rings. The summed E-state index contributed by atoms with van der Waals surface area (Å²) >= 11 is 1.57. The van der Waals surface area contributed by atoms with Crippen LogP contribution in [-0.4, -0.2) is 36.5 Å². The first-order chi connectivity index (χ1) is 13.1. The number of benzene rings is 2. The minimum absolute atomic E-state index is 0.0191. The number of hydrogen-bond acceptors (Lipinski definition) is 5. The Balaban J connectivity index is 1.85. The van der Waals surface area contributed by atoms with Gasteiger partial charge in [-0.2, -0.15) is 11.8 Å². The number of rotatable bonds is 10. The maximum absolute atomic E-state index is 12.9. The predicted molar refractivity (Wildman–Crippen MR) is 103 cm³/mol. The summed E-state index contributed by atoms with van der Waals surface area (Å²) < 4.78 is 23.6. The number of thioether (sulfide) groups is 1. The highest BCUT2D eigenvalue weighted by Gasteiger charge is 2.22. The van der Waals surface area contributed by atoms with Gasteiger partial charge >= 0.3 is 5.97 Å². The Morgan fingerprint density at radius 3 is 2.48 bits per heavy atom. The highest BCUT2D eigenvalue weighted by Crippen LogP contribution is 2.09. The van der Waals surface area contributed by atoms with Gasteiger partial charge < -0.3 is 14.8 Å². The van der Waals surface area contributed by atoms with Crippen molar-refractivity contribution >= 4 is 23.6 Å². The lowest BCUT2D eigenvalue weighted by molar-refractivity contribution is -0.149. The second-order valence-electron chi connectivity index (χ2n) is 5.74. The third-order valence-electron chi connectivity index (χ3n) is 3.64. The largest absolute Gasteiger partial charge is 0.484 e. The Bertz CT molecular complexity index is 725. The molecule has 144 valence electrons. The highest BCUT2D eigenvalue weighted by atomic mass is 32.2. The third-order valence-corrected chi connectivity index (χ3v) is 4.28. The number of halogens is 1. The van der Waals surface area contributed by atoms with Crippen LogP contribution in [0.1, 0.15) is 12.0 Å². The summed E-state index contributed by atoms with van der Waals surface area (Å²) in [6.45, 7) is -0.170. The first-order valence-electron chi connectivity index (χ1n) is 8.45. The quantitative estimate of drug-likeness (QED) is 0.630. The van der Waals surface area contributed by atoms with Gasteiger partial charge in [-0.1, -0.05) is 30.3 Å². The van der Waals surface area contributed by atoms with E-state index in [2.05, 4.69) is 5.32 Å². The zero-order chi connectivity index (χ0) is 19.5. The molecule has 0 bridgehead atoms. The number of carbonyl (C=O) groups excluding carboxylic acids is 2. The molecule has 0 saturated heterocycles. The molecular formula is C20H22FNO4S. The molecule has 0 aromatic heterocycles. The molecular weight excluding hydrogens is 369 g/mol. The lowest BCUT2D eigenvalue weighted by Crippen LogP contribution is -2.44. The van der Waals surface area contributed by atoms with Gasteiger partial charge in [0.25, 0.3) is 5.91 Å². The van der Waals surface area contributed by atoms with Crippen LogP contribution in [-0.2, 0) is 20.9 Å². The van der Waals surface area contributed by atoms with E-state index in [9.17, 15) is 14.0 Å².